The molecule has 16 heteroatoms. The van der Waals surface area contributed by atoms with Crippen LogP contribution in [0.5, 0.6) is 11.8 Å². The normalized spacial score (nSPS) is 24.7. The Balaban J connectivity index is 1.31. The van der Waals surface area contributed by atoms with Gasteiger partial charge in [0.2, 0.25) is 0 Å². The van der Waals surface area contributed by atoms with Gasteiger partial charge in [-0.15, -0.1) is 0 Å². The van der Waals surface area contributed by atoms with Crippen molar-refractivity contribution in [3.05, 3.63) is 28.3 Å². The minimum atomic E-state index is -4.74. The first kappa shape index (κ1) is 32.9. The van der Waals surface area contributed by atoms with Crippen molar-refractivity contribution in [3.8, 4) is 23.0 Å². The Hall–Kier alpha value is -3.66. The van der Waals surface area contributed by atoms with Crippen LogP contribution in [-0.4, -0.2) is 108 Å². The fourth-order valence-corrected chi connectivity index (χ4v) is 7.54. The number of anilines is 2. The van der Waals surface area contributed by atoms with Crippen molar-refractivity contribution in [1.82, 2.24) is 24.8 Å². The van der Waals surface area contributed by atoms with E-state index in [2.05, 4.69) is 14.9 Å². The van der Waals surface area contributed by atoms with E-state index in [1.54, 1.807) is 4.90 Å². The summed E-state index contributed by atoms with van der Waals surface area (Å²) in [5.74, 6) is 0.380. The number of hydrogen-bond acceptors (Lipinski definition) is 11. The van der Waals surface area contributed by atoms with Gasteiger partial charge in [-0.1, -0.05) is 11.6 Å². The van der Waals surface area contributed by atoms with E-state index >= 15 is 0 Å². The number of aryl methyl sites for hydroxylation is 1. The summed E-state index contributed by atoms with van der Waals surface area (Å²) in [7, 11) is 2.03. The van der Waals surface area contributed by atoms with Crippen LogP contribution in [0, 0.1) is 6.92 Å². The number of ether oxygens (including phenoxy) is 3. The lowest BCUT2D eigenvalue weighted by Gasteiger charge is -2.42. The summed E-state index contributed by atoms with van der Waals surface area (Å²) in [6.07, 6.45) is -2.19. The summed E-state index contributed by atoms with van der Waals surface area (Å²) in [5, 5.41) is 0.362. The van der Waals surface area contributed by atoms with Crippen molar-refractivity contribution in [2.75, 3.05) is 63.7 Å². The zero-order chi connectivity index (χ0) is 33.9. The molecule has 1 amide bonds. The maximum Gasteiger partial charge on any atom is 0.418 e. The highest BCUT2D eigenvalue weighted by atomic mass is 35.5. The van der Waals surface area contributed by atoms with Crippen LogP contribution in [0.1, 0.15) is 36.8 Å². The fraction of sp³-hybridized carbons (Fsp3) is 0.562. The summed E-state index contributed by atoms with van der Waals surface area (Å²) < 4.78 is 61.6. The second-order valence-electron chi connectivity index (χ2n) is 13.1. The van der Waals surface area contributed by atoms with Gasteiger partial charge in [0.15, 0.2) is 5.75 Å². The minimum absolute atomic E-state index is 0.0320. The number of nitrogens with two attached hydrogens (primary N) is 2. The molecule has 3 saturated heterocycles. The van der Waals surface area contributed by atoms with E-state index in [9.17, 15) is 18.0 Å². The zero-order valence-corrected chi connectivity index (χ0v) is 27.5. The Bertz CT molecular complexity index is 1750. The molecule has 0 aliphatic carbocycles. The van der Waals surface area contributed by atoms with Crippen LogP contribution in [0.25, 0.3) is 22.2 Å². The second-order valence-corrected chi connectivity index (χ2v) is 13.4. The Morgan fingerprint density at radius 3 is 2.71 bits per heavy atom. The van der Waals surface area contributed by atoms with Crippen LogP contribution in [0.4, 0.5) is 24.8 Å². The van der Waals surface area contributed by atoms with Crippen molar-refractivity contribution in [3.63, 3.8) is 0 Å². The summed E-state index contributed by atoms with van der Waals surface area (Å²) >= 11 is 6.95. The molecule has 0 bridgehead atoms. The van der Waals surface area contributed by atoms with E-state index < -0.39 is 23.5 Å². The number of alkyl halides is 3. The van der Waals surface area contributed by atoms with Gasteiger partial charge in [-0.05, 0) is 63.9 Å². The van der Waals surface area contributed by atoms with Crippen LogP contribution in [0.3, 0.4) is 0 Å². The van der Waals surface area contributed by atoms with Gasteiger partial charge in [-0.2, -0.15) is 23.1 Å². The number of rotatable bonds is 5. The molecule has 4 aliphatic rings. The number of pyridine rings is 1. The molecular weight excluding hydrogens is 653 g/mol. The number of halogens is 4. The number of aromatic nitrogens is 3. The Labute approximate surface area is 280 Å². The number of piperazine rings is 1. The first-order valence-corrected chi connectivity index (χ1v) is 16.5. The SMILES string of the molecule is Cc1cc(N)nc(-c2cc3nc(OC[C@@H]4CCCN4C)nc4c3c(c2Cl)OC[C@@H]2CN(C(=O)C3CC(N)CCO3)CCN42)c1C(F)(F)F. The summed E-state index contributed by atoms with van der Waals surface area (Å²) in [6, 6.07) is 2.43. The molecule has 1 aromatic carbocycles. The molecule has 4 atom stereocenters. The van der Waals surface area contributed by atoms with Crippen molar-refractivity contribution >= 4 is 40.0 Å². The summed E-state index contributed by atoms with van der Waals surface area (Å²) in [5.41, 5.74) is 10.9. The van der Waals surface area contributed by atoms with E-state index in [1.807, 2.05) is 11.9 Å². The summed E-state index contributed by atoms with van der Waals surface area (Å²) in [6.45, 7) is 4.22. The third-order valence-corrected chi connectivity index (χ3v) is 10.2. The van der Waals surface area contributed by atoms with Crippen LogP contribution < -0.4 is 25.8 Å². The lowest BCUT2D eigenvalue weighted by molar-refractivity contribution is -0.148. The molecule has 0 radical (unpaired) electrons. The van der Waals surface area contributed by atoms with E-state index in [0.29, 0.717) is 56.9 Å². The highest BCUT2D eigenvalue weighted by Gasteiger charge is 2.41. The van der Waals surface area contributed by atoms with Gasteiger partial charge in [0, 0.05) is 43.9 Å². The van der Waals surface area contributed by atoms with Crippen LogP contribution in [0.2, 0.25) is 5.02 Å². The monoisotopic (exact) mass is 690 g/mol. The van der Waals surface area contributed by atoms with Gasteiger partial charge >= 0.3 is 12.2 Å². The molecule has 3 aromatic rings. The Morgan fingerprint density at radius 2 is 1.98 bits per heavy atom. The Kier molecular flexibility index (Phi) is 8.67. The molecule has 12 nitrogen and oxygen atoms in total. The van der Waals surface area contributed by atoms with E-state index in [1.165, 1.54) is 19.1 Å². The molecule has 48 heavy (non-hydrogen) atoms. The molecule has 0 saturated carbocycles. The average Bonchev–Trinajstić information content (AvgIpc) is 3.37. The predicted octanol–water partition coefficient (Wildman–Crippen LogP) is 3.64. The van der Waals surface area contributed by atoms with Crippen molar-refractivity contribution in [2.45, 2.75) is 63.0 Å². The van der Waals surface area contributed by atoms with Gasteiger partial charge < -0.3 is 40.4 Å². The number of amides is 1. The number of benzene rings is 1. The number of carbonyl (C=O) groups is 1. The number of likely N-dealkylation sites (N-methyl/N-ethyl adjacent to an activating group) is 1. The van der Waals surface area contributed by atoms with E-state index in [-0.39, 0.29) is 69.9 Å². The Morgan fingerprint density at radius 1 is 1.17 bits per heavy atom. The highest BCUT2D eigenvalue weighted by molar-refractivity contribution is 6.36. The predicted molar refractivity (Wildman–Crippen MR) is 173 cm³/mol. The van der Waals surface area contributed by atoms with E-state index in [0.717, 1.165) is 19.4 Å². The number of nitrogen functional groups attached to an aromatic ring is 1. The topological polar surface area (TPSA) is 145 Å². The molecule has 2 aromatic heterocycles. The van der Waals surface area contributed by atoms with Gasteiger partial charge in [-0.3, -0.25) is 4.79 Å². The maximum atomic E-state index is 14.4. The third-order valence-electron chi connectivity index (χ3n) is 9.78. The number of likely N-dealkylation sites (tertiary alicyclic amines) is 1. The average molecular weight is 691 g/mol. The standard InChI is InChI=1S/C32H38ClF3N8O4/c1-16-10-23(38)40-27(25(16)32(34,35)36)20-12-21-24-28(26(20)33)47-15-19-13-43(30(45)22-11-17(37)5-9-46-22)7-8-44(19)29(24)41-31(39-21)48-14-18-4-3-6-42(18)2/h10,12,17-19,22H,3-9,11,13-15,37H2,1-2H3,(H2,38,40)/t17?,18-,19-,22?/m0/s1. The summed E-state index contributed by atoms with van der Waals surface area (Å²) in [4.78, 5) is 33.1. The van der Waals surface area contributed by atoms with Gasteiger partial charge in [-0.25, -0.2) is 4.98 Å². The van der Waals surface area contributed by atoms with Gasteiger partial charge in [0.05, 0.1) is 33.2 Å². The van der Waals surface area contributed by atoms with Crippen molar-refractivity contribution < 1.29 is 32.2 Å². The molecule has 6 heterocycles. The van der Waals surface area contributed by atoms with E-state index in [4.69, 9.17) is 42.3 Å². The number of nitrogens with zero attached hydrogens (tertiary/aromatic N) is 6. The molecule has 4 aliphatic heterocycles. The molecule has 2 unspecified atom stereocenters. The molecular formula is C32H38ClF3N8O4. The number of carbonyl (C=O) groups excluding carboxylic acids is 1. The molecule has 258 valence electrons. The third kappa shape index (κ3) is 6.05. The smallest absolute Gasteiger partial charge is 0.418 e. The largest absolute Gasteiger partial charge is 0.489 e. The number of hydrogen-bond donors (Lipinski definition) is 2. The lowest BCUT2D eigenvalue weighted by Crippen LogP contribution is -2.59. The quantitative estimate of drug-likeness (QED) is 0.405. The maximum absolute atomic E-state index is 14.4. The van der Waals surface area contributed by atoms with Crippen molar-refractivity contribution in [1.29, 1.82) is 0 Å². The van der Waals surface area contributed by atoms with Gasteiger partial charge in [0.1, 0.15) is 31.0 Å². The first-order chi connectivity index (χ1) is 22.9. The second kappa shape index (κ2) is 12.7. The lowest BCUT2D eigenvalue weighted by atomic mass is 9.99. The molecule has 3 fully saturated rings. The minimum Gasteiger partial charge on any atom is -0.489 e. The van der Waals surface area contributed by atoms with Gasteiger partial charge in [0.25, 0.3) is 5.91 Å². The number of fused-ring (bicyclic) bond motifs is 2. The van der Waals surface area contributed by atoms with Crippen LogP contribution in [0.15, 0.2) is 12.1 Å². The zero-order valence-electron chi connectivity index (χ0n) is 26.7. The van der Waals surface area contributed by atoms with Crippen molar-refractivity contribution in [2.24, 2.45) is 5.73 Å². The molecule has 0 spiro atoms. The van der Waals surface area contributed by atoms with Crippen LogP contribution in [-0.2, 0) is 15.7 Å². The van der Waals surface area contributed by atoms with Crippen LogP contribution >= 0.6 is 11.6 Å². The molecule has 7 rings (SSSR count). The highest BCUT2D eigenvalue weighted by Crippen LogP contribution is 2.49. The first-order valence-electron chi connectivity index (χ1n) is 16.2. The molecule has 4 N–H and O–H groups in total. The fourth-order valence-electron chi connectivity index (χ4n) is 7.25.